The van der Waals surface area contributed by atoms with E-state index in [9.17, 15) is 0 Å². The number of aryl methyl sites for hydroxylation is 1. The number of hydrogen-bond acceptors (Lipinski definition) is 3. The summed E-state index contributed by atoms with van der Waals surface area (Å²) in [5.74, 6) is 0. The van der Waals surface area contributed by atoms with Crippen LogP contribution in [0.3, 0.4) is 0 Å². The van der Waals surface area contributed by atoms with E-state index in [2.05, 4.69) is 23.3 Å². The van der Waals surface area contributed by atoms with E-state index in [0.29, 0.717) is 5.41 Å². The minimum atomic E-state index is 0.380. The van der Waals surface area contributed by atoms with Crippen molar-refractivity contribution in [1.29, 1.82) is 0 Å². The maximum absolute atomic E-state index is 4.71. The molecular formula is C13H17N3S. The largest absolute Gasteiger partial charge is 0.367 e. The zero-order valence-corrected chi connectivity index (χ0v) is 11.0. The fraction of sp³-hybridized carbons (Fsp3) is 0.462. The summed E-state index contributed by atoms with van der Waals surface area (Å²) >= 11 is 1.86. The standard InChI is InChI=1S/C13H17N3S/c1-9-11(13(4-5-13)8-14-2)17-12(16-9)10-3-6-15-7-10/h3,6-7,14-15H,4-5,8H2,1-2H3. The van der Waals surface area contributed by atoms with Gasteiger partial charge in [0.1, 0.15) is 5.01 Å². The normalized spacial score (nSPS) is 17.3. The third-order valence-electron chi connectivity index (χ3n) is 3.49. The third kappa shape index (κ3) is 1.81. The molecule has 0 atom stereocenters. The zero-order valence-electron chi connectivity index (χ0n) is 10.2. The molecule has 17 heavy (non-hydrogen) atoms. The number of rotatable bonds is 4. The van der Waals surface area contributed by atoms with Gasteiger partial charge in [-0.25, -0.2) is 4.98 Å². The van der Waals surface area contributed by atoms with Crippen LogP contribution in [0.25, 0.3) is 10.6 Å². The molecule has 3 rings (SSSR count). The summed E-state index contributed by atoms with van der Waals surface area (Å²) in [5.41, 5.74) is 2.79. The lowest BCUT2D eigenvalue weighted by Gasteiger charge is -2.12. The summed E-state index contributed by atoms with van der Waals surface area (Å²) in [6, 6.07) is 2.08. The average molecular weight is 247 g/mol. The van der Waals surface area contributed by atoms with Crippen LogP contribution in [-0.2, 0) is 5.41 Å². The lowest BCUT2D eigenvalue weighted by molar-refractivity contribution is 0.630. The molecule has 0 unspecified atom stereocenters. The third-order valence-corrected chi connectivity index (χ3v) is 4.94. The van der Waals surface area contributed by atoms with Gasteiger partial charge in [-0.2, -0.15) is 0 Å². The highest BCUT2D eigenvalue weighted by Gasteiger charge is 2.46. The Kier molecular flexibility index (Phi) is 2.56. The Bertz CT molecular complexity index is 509. The van der Waals surface area contributed by atoms with Crippen LogP contribution in [0.5, 0.6) is 0 Å². The molecule has 1 aliphatic carbocycles. The van der Waals surface area contributed by atoms with Crippen molar-refractivity contribution in [3.8, 4) is 10.6 Å². The Morgan fingerprint density at radius 3 is 2.94 bits per heavy atom. The van der Waals surface area contributed by atoms with Crippen LogP contribution in [0.1, 0.15) is 23.4 Å². The Hall–Kier alpha value is -1.13. The monoisotopic (exact) mass is 247 g/mol. The maximum Gasteiger partial charge on any atom is 0.125 e. The highest BCUT2D eigenvalue weighted by molar-refractivity contribution is 7.15. The maximum atomic E-state index is 4.71. The Morgan fingerprint density at radius 2 is 2.35 bits per heavy atom. The molecule has 3 nitrogen and oxygen atoms in total. The molecule has 0 spiro atoms. The topological polar surface area (TPSA) is 40.7 Å². The van der Waals surface area contributed by atoms with E-state index in [1.54, 1.807) is 0 Å². The summed E-state index contributed by atoms with van der Waals surface area (Å²) in [6.07, 6.45) is 6.55. The van der Waals surface area contributed by atoms with Crippen molar-refractivity contribution in [1.82, 2.24) is 15.3 Å². The van der Waals surface area contributed by atoms with Gasteiger partial charge >= 0.3 is 0 Å². The second-order valence-corrected chi connectivity index (χ2v) is 5.84. The Balaban J connectivity index is 1.97. The van der Waals surface area contributed by atoms with Crippen molar-refractivity contribution in [2.75, 3.05) is 13.6 Å². The van der Waals surface area contributed by atoms with Crippen molar-refractivity contribution >= 4 is 11.3 Å². The summed E-state index contributed by atoms with van der Waals surface area (Å²) in [6.45, 7) is 3.21. The first kappa shape index (κ1) is 11.0. The van der Waals surface area contributed by atoms with Gasteiger partial charge in [0, 0.05) is 34.8 Å². The molecule has 2 aromatic rings. The fourth-order valence-corrected chi connectivity index (χ4v) is 3.75. The van der Waals surface area contributed by atoms with E-state index < -0.39 is 0 Å². The summed E-state index contributed by atoms with van der Waals surface area (Å²) in [5, 5.41) is 4.45. The number of hydrogen-bond donors (Lipinski definition) is 2. The summed E-state index contributed by atoms with van der Waals surface area (Å²) in [7, 11) is 2.03. The molecule has 1 fully saturated rings. The predicted octanol–water partition coefficient (Wildman–Crippen LogP) is 2.70. The van der Waals surface area contributed by atoms with Gasteiger partial charge in [0.15, 0.2) is 0 Å². The zero-order chi connectivity index (χ0) is 11.9. The van der Waals surface area contributed by atoms with Crippen molar-refractivity contribution in [2.45, 2.75) is 25.2 Å². The lowest BCUT2D eigenvalue weighted by atomic mass is 10.0. The van der Waals surface area contributed by atoms with Crippen LogP contribution in [-0.4, -0.2) is 23.6 Å². The van der Waals surface area contributed by atoms with Gasteiger partial charge in [0.05, 0.1) is 5.69 Å². The second-order valence-electron chi connectivity index (χ2n) is 4.84. The van der Waals surface area contributed by atoms with Gasteiger partial charge in [-0.15, -0.1) is 11.3 Å². The SMILES string of the molecule is CNCC1(c2sc(-c3cc[nH]c3)nc2C)CC1. The number of likely N-dealkylation sites (N-methyl/N-ethyl adjacent to an activating group) is 1. The molecule has 90 valence electrons. The van der Waals surface area contributed by atoms with Crippen LogP contribution in [0, 0.1) is 6.92 Å². The fourth-order valence-electron chi connectivity index (χ4n) is 2.44. The van der Waals surface area contributed by atoms with Gasteiger partial charge in [-0.3, -0.25) is 0 Å². The van der Waals surface area contributed by atoms with Crippen LogP contribution < -0.4 is 5.32 Å². The molecule has 0 bridgehead atoms. The smallest absolute Gasteiger partial charge is 0.125 e. The first-order valence-corrected chi connectivity index (χ1v) is 6.82. The first-order valence-electron chi connectivity index (χ1n) is 6.01. The van der Waals surface area contributed by atoms with Crippen molar-refractivity contribution in [3.63, 3.8) is 0 Å². The van der Waals surface area contributed by atoms with E-state index >= 15 is 0 Å². The molecule has 2 N–H and O–H groups in total. The first-order chi connectivity index (χ1) is 8.25. The van der Waals surface area contributed by atoms with Crippen LogP contribution in [0.15, 0.2) is 18.5 Å². The van der Waals surface area contributed by atoms with Crippen molar-refractivity contribution in [3.05, 3.63) is 29.0 Å². The van der Waals surface area contributed by atoms with Crippen molar-refractivity contribution in [2.24, 2.45) is 0 Å². The molecular weight excluding hydrogens is 230 g/mol. The van der Waals surface area contributed by atoms with E-state index in [4.69, 9.17) is 4.98 Å². The molecule has 2 heterocycles. The molecule has 2 aromatic heterocycles. The molecule has 4 heteroatoms. The minimum absolute atomic E-state index is 0.380. The lowest BCUT2D eigenvalue weighted by Crippen LogP contribution is -2.23. The van der Waals surface area contributed by atoms with E-state index in [1.165, 1.54) is 29.0 Å². The van der Waals surface area contributed by atoms with Crippen LogP contribution in [0.2, 0.25) is 0 Å². The van der Waals surface area contributed by atoms with Crippen molar-refractivity contribution < 1.29 is 0 Å². The molecule has 0 aromatic carbocycles. The number of H-pyrrole nitrogens is 1. The Labute approximate surface area is 105 Å². The Morgan fingerprint density at radius 1 is 1.53 bits per heavy atom. The minimum Gasteiger partial charge on any atom is -0.367 e. The number of nitrogens with zero attached hydrogens (tertiary/aromatic N) is 1. The molecule has 1 aliphatic rings. The summed E-state index contributed by atoms with van der Waals surface area (Å²) in [4.78, 5) is 9.28. The van der Waals surface area contributed by atoms with Crippen LogP contribution >= 0.6 is 11.3 Å². The molecule has 0 aliphatic heterocycles. The molecule has 1 saturated carbocycles. The van der Waals surface area contributed by atoms with E-state index in [1.807, 2.05) is 30.8 Å². The number of aromatic nitrogens is 2. The highest BCUT2D eigenvalue weighted by atomic mass is 32.1. The molecule has 0 amide bonds. The number of thiazole rings is 1. The number of aromatic amines is 1. The predicted molar refractivity (Wildman–Crippen MR) is 71.5 cm³/mol. The van der Waals surface area contributed by atoms with Gasteiger partial charge in [-0.1, -0.05) is 0 Å². The highest BCUT2D eigenvalue weighted by Crippen LogP contribution is 2.51. The molecule has 0 radical (unpaired) electrons. The summed E-state index contributed by atoms with van der Waals surface area (Å²) < 4.78 is 0. The quantitative estimate of drug-likeness (QED) is 0.872. The van der Waals surface area contributed by atoms with Gasteiger partial charge in [0.25, 0.3) is 0 Å². The van der Waals surface area contributed by atoms with Crippen LogP contribution in [0.4, 0.5) is 0 Å². The van der Waals surface area contributed by atoms with Gasteiger partial charge in [-0.05, 0) is 32.9 Å². The second kappa shape index (κ2) is 3.96. The number of nitrogens with one attached hydrogen (secondary N) is 2. The van der Waals surface area contributed by atoms with E-state index in [0.717, 1.165) is 11.6 Å². The van der Waals surface area contributed by atoms with Gasteiger partial charge < -0.3 is 10.3 Å². The average Bonchev–Trinajstić information content (AvgIpc) is 2.79. The van der Waals surface area contributed by atoms with E-state index in [-0.39, 0.29) is 0 Å². The molecule has 0 saturated heterocycles. The van der Waals surface area contributed by atoms with Gasteiger partial charge in [0.2, 0.25) is 0 Å².